The largest absolute Gasteiger partial charge is 0.324 e. The smallest absolute Gasteiger partial charge is 0.0370 e. The molecule has 0 aromatic heterocycles. The van der Waals surface area contributed by atoms with Crippen molar-refractivity contribution in [3.8, 4) is 0 Å². The summed E-state index contributed by atoms with van der Waals surface area (Å²) in [6.45, 7) is 5.79. The summed E-state index contributed by atoms with van der Waals surface area (Å²) in [5.41, 5.74) is 9.08. The van der Waals surface area contributed by atoms with Gasteiger partial charge in [-0.15, -0.1) is 0 Å². The molecule has 3 atom stereocenters. The summed E-state index contributed by atoms with van der Waals surface area (Å²) in [6, 6.07) is 10.1. The third kappa shape index (κ3) is 1.96. The molecule has 3 unspecified atom stereocenters. The molecule has 1 aromatic carbocycles. The third-order valence-corrected chi connectivity index (χ3v) is 4.66. The Bertz CT molecular complexity index is 432. The molecule has 18 heavy (non-hydrogen) atoms. The van der Waals surface area contributed by atoms with Crippen molar-refractivity contribution in [1.29, 1.82) is 0 Å². The van der Waals surface area contributed by atoms with Gasteiger partial charge in [-0.3, -0.25) is 4.90 Å². The van der Waals surface area contributed by atoms with Gasteiger partial charge in [0.25, 0.3) is 0 Å². The van der Waals surface area contributed by atoms with Crippen LogP contribution in [-0.4, -0.2) is 42.5 Å². The van der Waals surface area contributed by atoms with Gasteiger partial charge in [-0.05, 0) is 31.5 Å². The van der Waals surface area contributed by atoms with E-state index in [9.17, 15) is 0 Å². The molecule has 1 heterocycles. The SMILES string of the molecule is CC1CN(C2CC(N)c3ccccc32)CCN1C. The quantitative estimate of drug-likeness (QED) is 0.818. The van der Waals surface area contributed by atoms with Crippen molar-refractivity contribution in [3.63, 3.8) is 0 Å². The molecule has 3 heteroatoms. The van der Waals surface area contributed by atoms with Gasteiger partial charge in [-0.1, -0.05) is 24.3 Å². The fraction of sp³-hybridized carbons (Fsp3) is 0.600. The molecule has 3 nitrogen and oxygen atoms in total. The zero-order valence-corrected chi connectivity index (χ0v) is 11.3. The average molecular weight is 245 g/mol. The predicted octanol–water partition coefficient (Wildman–Crippen LogP) is 1.77. The zero-order chi connectivity index (χ0) is 12.7. The van der Waals surface area contributed by atoms with Gasteiger partial charge in [0.05, 0.1) is 0 Å². The molecule has 0 saturated carbocycles. The summed E-state index contributed by atoms with van der Waals surface area (Å²) in [5, 5.41) is 0. The summed E-state index contributed by atoms with van der Waals surface area (Å²) < 4.78 is 0. The summed E-state index contributed by atoms with van der Waals surface area (Å²) >= 11 is 0. The van der Waals surface area contributed by atoms with E-state index in [4.69, 9.17) is 5.73 Å². The zero-order valence-electron chi connectivity index (χ0n) is 11.3. The van der Waals surface area contributed by atoms with Gasteiger partial charge in [0.15, 0.2) is 0 Å². The molecule has 2 aliphatic rings. The van der Waals surface area contributed by atoms with Gasteiger partial charge in [-0.2, -0.15) is 0 Å². The first-order valence-electron chi connectivity index (χ1n) is 6.95. The highest BCUT2D eigenvalue weighted by molar-refractivity contribution is 5.37. The maximum Gasteiger partial charge on any atom is 0.0370 e. The van der Waals surface area contributed by atoms with Crippen molar-refractivity contribution in [2.75, 3.05) is 26.7 Å². The van der Waals surface area contributed by atoms with Gasteiger partial charge in [-0.25, -0.2) is 0 Å². The van der Waals surface area contributed by atoms with Crippen LogP contribution in [0, 0.1) is 0 Å². The van der Waals surface area contributed by atoms with Crippen LogP contribution < -0.4 is 5.73 Å². The molecular formula is C15H23N3. The Balaban J connectivity index is 1.82. The lowest BCUT2D eigenvalue weighted by atomic mass is 10.0. The molecule has 0 spiro atoms. The van der Waals surface area contributed by atoms with Crippen LogP contribution in [0.25, 0.3) is 0 Å². The lowest BCUT2D eigenvalue weighted by Crippen LogP contribution is -2.50. The van der Waals surface area contributed by atoms with Gasteiger partial charge in [0.1, 0.15) is 0 Å². The van der Waals surface area contributed by atoms with Crippen LogP contribution in [0.3, 0.4) is 0 Å². The Morgan fingerprint density at radius 3 is 2.61 bits per heavy atom. The predicted molar refractivity (Wildman–Crippen MR) is 74.4 cm³/mol. The maximum atomic E-state index is 6.27. The van der Waals surface area contributed by atoms with Crippen LogP contribution in [0.2, 0.25) is 0 Å². The normalized spacial score (nSPS) is 33.6. The van der Waals surface area contributed by atoms with E-state index in [-0.39, 0.29) is 6.04 Å². The molecule has 1 fully saturated rings. The summed E-state index contributed by atoms with van der Waals surface area (Å²) in [6.07, 6.45) is 1.08. The minimum atomic E-state index is 0.223. The van der Waals surface area contributed by atoms with Crippen molar-refractivity contribution in [2.24, 2.45) is 5.73 Å². The fourth-order valence-corrected chi connectivity index (χ4v) is 3.35. The summed E-state index contributed by atoms with van der Waals surface area (Å²) in [5.74, 6) is 0. The number of fused-ring (bicyclic) bond motifs is 1. The molecule has 0 bridgehead atoms. The van der Waals surface area contributed by atoms with Gasteiger partial charge in [0, 0.05) is 37.8 Å². The highest BCUT2D eigenvalue weighted by atomic mass is 15.3. The molecule has 0 amide bonds. The van der Waals surface area contributed by atoms with E-state index in [0.29, 0.717) is 12.1 Å². The number of likely N-dealkylation sites (N-methyl/N-ethyl adjacent to an activating group) is 1. The van der Waals surface area contributed by atoms with E-state index < -0.39 is 0 Å². The molecule has 2 N–H and O–H groups in total. The first-order valence-corrected chi connectivity index (χ1v) is 6.95. The second-order valence-electron chi connectivity index (χ2n) is 5.81. The van der Waals surface area contributed by atoms with Crippen LogP contribution in [-0.2, 0) is 0 Å². The number of benzene rings is 1. The number of hydrogen-bond acceptors (Lipinski definition) is 3. The van der Waals surface area contributed by atoms with E-state index in [1.807, 2.05) is 0 Å². The standard InChI is InChI=1S/C15H23N3/c1-11-10-18(8-7-17(11)2)15-9-14(16)12-5-3-4-6-13(12)15/h3-6,11,14-15H,7-10,16H2,1-2H3. The lowest BCUT2D eigenvalue weighted by Gasteiger charge is -2.41. The van der Waals surface area contributed by atoms with E-state index >= 15 is 0 Å². The molecule has 1 aliphatic heterocycles. The Kier molecular flexibility index (Phi) is 3.14. The molecule has 3 rings (SSSR count). The minimum absolute atomic E-state index is 0.223. The van der Waals surface area contributed by atoms with Crippen molar-refractivity contribution in [1.82, 2.24) is 9.80 Å². The van der Waals surface area contributed by atoms with Crippen molar-refractivity contribution in [3.05, 3.63) is 35.4 Å². The number of nitrogens with zero attached hydrogens (tertiary/aromatic N) is 2. The summed E-state index contributed by atoms with van der Waals surface area (Å²) in [7, 11) is 2.22. The van der Waals surface area contributed by atoms with Gasteiger partial charge < -0.3 is 10.6 Å². The molecule has 1 aromatic rings. The third-order valence-electron chi connectivity index (χ3n) is 4.66. The van der Waals surface area contributed by atoms with E-state index in [1.54, 1.807) is 0 Å². The van der Waals surface area contributed by atoms with Crippen molar-refractivity contribution >= 4 is 0 Å². The highest BCUT2D eigenvalue weighted by Crippen LogP contribution is 2.41. The fourth-order valence-electron chi connectivity index (χ4n) is 3.35. The number of nitrogens with two attached hydrogens (primary N) is 1. The Morgan fingerprint density at radius 2 is 1.89 bits per heavy atom. The van der Waals surface area contributed by atoms with Crippen molar-refractivity contribution in [2.45, 2.75) is 31.5 Å². The lowest BCUT2D eigenvalue weighted by molar-refractivity contribution is 0.0703. The van der Waals surface area contributed by atoms with Crippen LogP contribution in [0.15, 0.2) is 24.3 Å². The Hall–Kier alpha value is -0.900. The number of piperazine rings is 1. The topological polar surface area (TPSA) is 32.5 Å². The molecule has 0 radical (unpaired) electrons. The highest BCUT2D eigenvalue weighted by Gasteiger charge is 2.34. The molecule has 1 aliphatic carbocycles. The second kappa shape index (κ2) is 4.65. The van der Waals surface area contributed by atoms with Gasteiger partial charge in [0.2, 0.25) is 0 Å². The summed E-state index contributed by atoms with van der Waals surface area (Å²) in [4.78, 5) is 5.06. The van der Waals surface area contributed by atoms with E-state index in [2.05, 4.69) is 48.0 Å². The monoisotopic (exact) mass is 245 g/mol. The first kappa shape index (κ1) is 12.2. The van der Waals surface area contributed by atoms with E-state index in [0.717, 1.165) is 26.1 Å². The van der Waals surface area contributed by atoms with Crippen LogP contribution in [0.4, 0.5) is 0 Å². The van der Waals surface area contributed by atoms with Crippen molar-refractivity contribution < 1.29 is 0 Å². The van der Waals surface area contributed by atoms with Crippen LogP contribution >= 0.6 is 0 Å². The Morgan fingerprint density at radius 1 is 1.17 bits per heavy atom. The van der Waals surface area contributed by atoms with E-state index in [1.165, 1.54) is 11.1 Å². The molecule has 98 valence electrons. The number of hydrogen-bond donors (Lipinski definition) is 1. The number of rotatable bonds is 1. The van der Waals surface area contributed by atoms with Crippen LogP contribution in [0.1, 0.15) is 36.6 Å². The first-order chi connectivity index (χ1) is 8.66. The Labute approximate surface area is 110 Å². The molecule has 1 saturated heterocycles. The van der Waals surface area contributed by atoms with Crippen LogP contribution in [0.5, 0.6) is 0 Å². The van der Waals surface area contributed by atoms with Gasteiger partial charge >= 0.3 is 0 Å². The second-order valence-corrected chi connectivity index (χ2v) is 5.81. The average Bonchev–Trinajstić information content (AvgIpc) is 2.71. The minimum Gasteiger partial charge on any atom is -0.324 e. The molecular weight excluding hydrogens is 222 g/mol. The maximum absolute atomic E-state index is 6.27.